The first-order chi connectivity index (χ1) is 14.9. The maximum atomic E-state index is 13.7. The Morgan fingerprint density at radius 2 is 1.90 bits per heavy atom. The molecule has 8 heteroatoms. The summed E-state index contributed by atoms with van der Waals surface area (Å²) in [5.74, 6) is -0.714. The lowest BCUT2D eigenvalue weighted by molar-refractivity contribution is -0.140. The second-order valence-corrected chi connectivity index (χ2v) is 10.9. The van der Waals surface area contributed by atoms with Gasteiger partial charge >= 0.3 is 0 Å². The lowest BCUT2D eigenvalue weighted by atomic mass is 9.66. The summed E-state index contributed by atoms with van der Waals surface area (Å²) >= 11 is 1.73. The first-order valence-electron chi connectivity index (χ1n) is 12.0. The predicted octanol–water partition coefficient (Wildman–Crippen LogP) is 1.93. The number of amides is 3. The Bertz CT molecular complexity index is 675. The van der Waals surface area contributed by atoms with Gasteiger partial charge in [0.05, 0.1) is 16.6 Å². The maximum Gasteiger partial charge on any atom is 0.244 e. The summed E-state index contributed by atoms with van der Waals surface area (Å²) < 4.78 is -0.515. The molecule has 0 aromatic heterocycles. The van der Waals surface area contributed by atoms with Crippen molar-refractivity contribution in [3.05, 3.63) is 0 Å². The van der Waals surface area contributed by atoms with Gasteiger partial charge in [0, 0.05) is 32.0 Å². The van der Waals surface area contributed by atoms with Crippen LogP contribution in [0.1, 0.15) is 65.2 Å². The Labute approximate surface area is 190 Å². The van der Waals surface area contributed by atoms with Crippen molar-refractivity contribution in [2.24, 2.45) is 17.8 Å². The topological polar surface area (TPSA) is 98.7 Å². The molecule has 3 unspecified atom stereocenters. The van der Waals surface area contributed by atoms with E-state index in [0.29, 0.717) is 13.1 Å². The number of nitrogens with one attached hydrogen (secondary N) is 2. The molecule has 3 aliphatic heterocycles. The van der Waals surface area contributed by atoms with Crippen LogP contribution in [-0.2, 0) is 14.4 Å². The number of likely N-dealkylation sites (tertiary alicyclic amines) is 1. The summed E-state index contributed by atoms with van der Waals surface area (Å²) in [4.78, 5) is 41.7. The van der Waals surface area contributed by atoms with E-state index in [1.54, 1.807) is 23.7 Å². The number of carbonyl (C=O) groups excluding carboxylic acids is 3. The van der Waals surface area contributed by atoms with Gasteiger partial charge in [0.15, 0.2) is 0 Å². The smallest absolute Gasteiger partial charge is 0.244 e. The van der Waals surface area contributed by atoms with Crippen LogP contribution in [0.5, 0.6) is 0 Å². The summed E-state index contributed by atoms with van der Waals surface area (Å²) in [7, 11) is 1.63. The van der Waals surface area contributed by atoms with Crippen molar-refractivity contribution in [1.82, 2.24) is 15.5 Å². The van der Waals surface area contributed by atoms with E-state index in [1.165, 1.54) is 0 Å². The first-order valence-corrected chi connectivity index (χ1v) is 12.9. The molecule has 0 aromatic carbocycles. The quantitative estimate of drug-likeness (QED) is 0.392. The van der Waals surface area contributed by atoms with Crippen LogP contribution in [0.15, 0.2) is 0 Å². The minimum Gasteiger partial charge on any atom is -0.396 e. The zero-order chi connectivity index (χ0) is 22.6. The standard InChI is InChI=1S/C23H39N3O4S/c1-4-5-8-11-25-21(29)19-23-15(2)14-16(31-23)17(20(28)24-3)18(23)22(30)26(19)12-9-6-7-10-13-27/h15-19,27H,4-14H2,1-3H3,(H,24,28)(H,25,29)/t15?,16-,17+,18-,19?,23?/m0/s1. The van der Waals surface area contributed by atoms with Crippen LogP contribution in [0.3, 0.4) is 0 Å². The normalized spacial score (nSPS) is 33.6. The molecule has 3 fully saturated rings. The van der Waals surface area contributed by atoms with E-state index in [9.17, 15) is 14.4 Å². The highest BCUT2D eigenvalue weighted by atomic mass is 32.2. The van der Waals surface area contributed by atoms with E-state index in [-0.39, 0.29) is 41.4 Å². The average molecular weight is 454 g/mol. The second-order valence-electron chi connectivity index (χ2n) is 9.33. The number of rotatable bonds is 12. The maximum absolute atomic E-state index is 13.7. The number of aliphatic hydroxyl groups is 1. The van der Waals surface area contributed by atoms with Crippen LogP contribution in [0.4, 0.5) is 0 Å². The van der Waals surface area contributed by atoms with E-state index < -0.39 is 16.7 Å². The average Bonchev–Trinajstić information content (AvgIpc) is 3.34. The van der Waals surface area contributed by atoms with Crippen molar-refractivity contribution in [2.75, 3.05) is 26.7 Å². The fourth-order valence-electron chi connectivity index (χ4n) is 5.96. The number of unbranched alkanes of at least 4 members (excludes halogenated alkanes) is 5. The van der Waals surface area contributed by atoms with Gasteiger partial charge in [0.1, 0.15) is 6.04 Å². The highest BCUT2D eigenvalue weighted by Crippen LogP contribution is 2.68. The number of aliphatic hydroxyl groups excluding tert-OH is 1. The fourth-order valence-corrected chi connectivity index (χ4v) is 8.38. The molecule has 3 aliphatic rings. The van der Waals surface area contributed by atoms with Gasteiger partial charge < -0.3 is 20.6 Å². The molecule has 3 rings (SSSR count). The van der Waals surface area contributed by atoms with Gasteiger partial charge in [0.2, 0.25) is 17.7 Å². The summed E-state index contributed by atoms with van der Waals surface area (Å²) in [5.41, 5.74) is 0. The molecule has 0 radical (unpaired) electrons. The second kappa shape index (κ2) is 10.6. The van der Waals surface area contributed by atoms with Crippen LogP contribution in [0.2, 0.25) is 0 Å². The Balaban J connectivity index is 1.84. The van der Waals surface area contributed by atoms with Gasteiger partial charge in [-0.05, 0) is 31.6 Å². The van der Waals surface area contributed by atoms with E-state index >= 15 is 0 Å². The lowest BCUT2D eigenvalue weighted by Crippen LogP contribution is -2.56. The van der Waals surface area contributed by atoms with Crippen LogP contribution >= 0.6 is 11.8 Å². The van der Waals surface area contributed by atoms with Gasteiger partial charge in [-0.2, -0.15) is 0 Å². The molecule has 3 N–H and O–H groups in total. The van der Waals surface area contributed by atoms with Crippen molar-refractivity contribution in [3.8, 4) is 0 Å². The summed E-state index contributed by atoms with van der Waals surface area (Å²) in [6.07, 6.45) is 7.36. The van der Waals surface area contributed by atoms with Gasteiger partial charge in [-0.1, -0.05) is 39.5 Å². The number of fused-ring (bicyclic) bond motifs is 1. The summed E-state index contributed by atoms with van der Waals surface area (Å²) in [6.45, 7) is 5.63. The first kappa shape index (κ1) is 24.4. The SMILES string of the molecule is CCCCCNC(=O)C1N(CCCCCCO)C(=O)[C@@H]2[C@H](C(=O)NC)[C@@H]3CC(C)C12S3. The Kier molecular flexibility index (Phi) is 8.30. The zero-order valence-electron chi connectivity index (χ0n) is 19.2. The molecule has 0 aliphatic carbocycles. The Morgan fingerprint density at radius 3 is 2.58 bits per heavy atom. The monoisotopic (exact) mass is 453 g/mol. The molecule has 7 nitrogen and oxygen atoms in total. The highest BCUT2D eigenvalue weighted by Gasteiger charge is 2.75. The number of hydrogen-bond acceptors (Lipinski definition) is 5. The molecule has 0 aromatic rings. The minimum absolute atomic E-state index is 0.0222. The molecular weight excluding hydrogens is 414 g/mol. The van der Waals surface area contributed by atoms with Crippen LogP contribution in [0, 0.1) is 17.8 Å². The van der Waals surface area contributed by atoms with Crippen molar-refractivity contribution in [2.45, 2.75) is 81.3 Å². The number of thioether (sulfide) groups is 1. The van der Waals surface area contributed by atoms with Crippen molar-refractivity contribution in [3.63, 3.8) is 0 Å². The number of nitrogens with zero attached hydrogens (tertiary/aromatic N) is 1. The molecule has 2 bridgehead atoms. The fraction of sp³-hybridized carbons (Fsp3) is 0.870. The van der Waals surface area contributed by atoms with E-state index in [0.717, 1.165) is 51.4 Å². The van der Waals surface area contributed by atoms with Crippen LogP contribution < -0.4 is 10.6 Å². The van der Waals surface area contributed by atoms with Gasteiger partial charge in [-0.3, -0.25) is 14.4 Å². The lowest BCUT2D eigenvalue weighted by Gasteiger charge is -2.38. The van der Waals surface area contributed by atoms with Gasteiger partial charge in [-0.15, -0.1) is 11.8 Å². The minimum atomic E-state index is -0.515. The van der Waals surface area contributed by atoms with Crippen LogP contribution in [0.25, 0.3) is 0 Å². The molecule has 1 spiro atoms. The van der Waals surface area contributed by atoms with E-state index in [1.807, 2.05) is 0 Å². The van der Waals surface area contributed by atoms with Crippen molar-refractivity contribution >= 4 is 29.5 Å². The third kappa shape index (κ3) is 4.34. The molecule has 6 atom stereocenters. The Hall–Kier alpha value is -1.28. The molecule has 31 heavy (non-hydrogen) atoms. The van der Waals surface area contributed by atoms with Crippen LogP contribution in [-0.4, -0.2) is 70.5 Å². The Morgan fingerprint density at radius 1 is 1.16 bits per heavy atom. The molecule has 176 valence electrons. The van der Waals surface area contributed by atoms with E-state index in [4.69, 9.17) is 5.11 Å². The predicted molar refractivity (Wildman–Crippen MR) is 123 cm³/mol. The van der Waals surface area contributed by atoms with E-state index in [2.05, 4.69) is 24.5 Å². The molecular formula is C23H39N3O4S. The molecule has 0 saturated carbocycles. The molecule has 3 saturated heterocycles. The van der Waals surface area contributed by atoms with Crippen molar-refractivity contribution < 1.29 is 19.5 Å². The summed E-state index contributed by atoms with van der Waals surface area (Å²) in [6, 6.07) is -0.510. The van der Waals surface area contributed by atoms with Gasteiger partial charge in [0.25, 0.3) is 0 Å². The van der Waals surface area contributed by atoms with Gasteiger partial charge in [-0.25, -0.2) is 0 Å². The molecule has 3 amide bonds. The largest absolute Gasteiger partial charge is 0.396 e. The number of hydrogen-bond donors (Lipinski definition) is 3. The third-order valence-electron chi connectivity index (χ3n) is 7.43. The highest BCUT2D eigenvalue weighted by molar-refractivity contribution is 8.02. The third-order valence-corrected chi connectivity index (χ3v) is 9.51. The zero-order valence-corrected chi connectivity index (χ0v) is 20.0. The summed E-state index contributed by atoms with van der Waals surface area (Å²) in [5, 5.41) is 15.0. The number of carbonyl (C=O) groups is 3. The molecule has 3 heterocycles. The van der Waals surface area contributed by atoms with Crippen molar-refractivity contribution in [1.29, 1.82) is 0 Å².